The van der Waals surface area contributed by atoms with Crippen LogP contribution < -0.4 is 0 Å². The standard InChI is InChI=1S/C14H19N3O4/c1-3-10-9-16(7-6-15(10)2)14(19)12-8-11(18)4-5-13(12)17(20)21/h4-5,8,10,18H,3,6-7,9H2,1-2H3. The van der Waals surface area contributed by atoms with Crippen LogP contribution in [0.15, 0.2) is 18.2 Å². The molecule has 0 aliphatic carbocycles. The van der Waals surface area contributed by atoms with Gasteiger partial charge in [-0.15, -0.1) is 0 Å². The average Bonchev–Trinajstić information content (AvgIpc) is 2.46. The van der Waals surface area contributed by atoms with Crippen molar-refractivity contribution in [1.29, 1.82) is 0 Å². The first kappa shape index (κ1) is 15.2. The van der Waals surface area contributed by atoms with Gasteiger partial charge in [0.25, 0.3) is 11.6 Å². The Morgan fingerprint density at radius 2 is 2.19 bits per heavy atom. The van der Waals surface area contributed by atoms with Gasteiger partial charge in [0, 0.05) is 31.7 Å². The van der Waals surface area contributed by atoms with Gasteiger partial charge in [0.05, 0.1) is 4.92 Å². The van der Waals surface area contributed by atoms with E-state index in [-0.39, 0.29) is 23.0 Å². The molecule has 7 nitrogen and oxygen atoms in total. The lowest BCUT2D eigenvalue weighted by Gasteiger charge is -2.39. The van der Waals surface area contributed by atoms with Crippen LogP contribution in [0.1, 0.15) is 23.7 Å². The van der Waals surface area contributed by atoms with E-state index in [0.717, 1.165) is 19.0 Å². The monoisotopic (exact) mass is 293 g/mol. The third-order valence-corrected chi connectivity index (χ3v) is 3.94. The lowest BCUT2D eigenvalue weighted by atomic mass is 10.1. The van der Waals surface area contributed by atoms with E-state index in [1.54, 1.807) is 4.90 Å². The Morgan fingerprint density at radius 3 is 2.81 bits per heavy atom. The van der Waals surface area contributed by atoms with E-state index in [1.807, 2.05) is 14.0 Å². The first-order valence-corrected chi connectivity index (χ1v) is 6.91. The van der Waals surface area contributed by atoms with Gasteiger partial charge in [-0.05, 0) is 25.6 Å². The number of amides is 1. The van der Waals surface area contributed by atoms with E-state index in [4.69, 9.17) is 0 Å². The summed E-state index contributed by atoms with van der Waals surface area (Å²) in [6.07, 6.45) is 0.905. The maximum absolute atomic E-state index is 12.5. The molecule has 1 atom stereocenters. The van der Waals surface area contributed by atoms with Crippen LogP contribution in [0.5, 0.6) is 5.75 Å². The van der Waals surface area contributed by atoms with Crippen molar-refractivity contribution in [2.45, 2.75) is 19.4 Å². The Morgan fingerprint density at radius 1 is 1.48 bits per heavy atom. The summed E-state index contributed by atoms with van der Waals surface area (Å²) in [5.74, 6) is -0.547. The molecule has 1 amide bonds. The van der Waals surface area contributed by atoms with Gasteiger partial charge >= 0.3 is 0 Å². The number of carbonyl (C=O) groups is 1. The summed E-state index contributed by atoms with van der Waals surface area (Å²) in [6, 6.07) is 3.79. The minimum atomic E-state index is -0.597. The van der Waals surface area contributed by atoms with Crippen LogP contribution in [0.2, 0.25) is 0 Å². The fourth-order valence-electron chi connectivity index (χ4n) is 2.60. The van der Waals surface area contributed by atoms with Crippen LogP contribution in [0.3, 0.4) is 0 Å². The zero-order chi connectivity index (χ0) is 15.6. The fourth-order valence-corrected chi connectivity index (χ4v) is 2.60. The van der Waals surface area contributed by atoms with Crippen LogP contribution in [-0.4, -0.2) is 58.5 Å². The van der Waals surface area contributed by atoms with E-state index < -0.39 is 10.8 Å². The molecule has 114 valence electrons. The maximum Gasteiger partial charge on any atom is 0.282 e. The minimum absolute atomic E-state index is 0.0561. The highest BCUT2D eigenvalue weighted by atomic mass is 16.6. The Balaban J connectivity index is 2.28. The number of aromatic hydroxyl groups is 1. The molecular weight excluding hydrogens is 274 g/mol. The third kappa shape index (κ3) is 3.13. The lowest BCUT2D eigenvalue weighted by molar-refractivity contribution is -0.385. The number of nitro groups is 1. The summed E-state index contributed by atoms with van der Waals surface area (Å²) in [4.78, 5) is 26.8. The molecule has 1 N–H and O–H groups in total. The smallest absolute Gasteiger partial charge is 0.282 e. The molecule has 1 heterocycles. The molecule has 1 aromatic carbocycles. The molecule has 1 aliphatic heterocycles. The second-order valence-electron chi connectivity index (χ2n) is 5.25. The normalized spacial score (nSPS) is 19.5. The Bertz CT molecular complexity index is 561. The van der Waals surface area contributed by atoms with Crippen LogP contribution in [0, 0.1) is 10.1 Å². The maximum atomic E-state index is 12.5. The van der Waals surface area contributed by atoms with Crippen LogP contribution in [-0.2, 0) is 0 Å². The van der Waals surface area contributed by atoms with Gasteiger partial charge < -0.3 is 10.0 Å². The van der Waals surface area contributed by atoms with Crippen molar-refractivity contribution in [2.24, 2.45) is 0 Å². The fraction of sp³-hybridized carbons (Fsp3) is 0.500. The van der Waals surface area contributed by atoms with Crippen molar-refractivity contribution in [2.75, 3.05) is 26.7 Å². The molecular formula is C14H19N3O4. The Hall–Kier alpha value is -2.15. The molecule has 1 saturated heterocycles. The topological polar surface area (TPSA) is 86.9 Å². The number of carbonyl (C=O) groups excluding carboxylic acids is 1. The number of likely N-dealkylation sites (N-methyl/N-ethyl adjacent to an activating group) is 1. The lowest BCUT2D eigenvalue weighted by Crippen LogP contribution is -2.53. The quantitative estimate of drug-likeness (QED) is 0.673. The van der Waals surface area contributed by atoms with E-state index in [9.17, 15) is 20.0 Å². The molecule has 0 radical (unpaired) electrons. The molecule has 1 unspecified atom stereocenters. The van der Waals surface area contributed by atoms with Gasteiger partial charge in [-0.25, -0.2) is 0 Å². The number of hydrogen-bond acceptors (Lipinski definition) is 5. The van der Waals surface area contributed by atoms with Gasteiger partial charge in [-0.1, -0.05) is 6.92 Å². The van der Waals surface area contributed by atoms with Gasteiger partial charge in [0.1, 0.15) is 11.3 Å². The van der Waals surface area contributed by atoms with Gasteiger partial charge in [0.2, 0.25) is 0 Å². The van der Waals surface area contributed by atoms with Crippen molar-refractivity contribution in [3.8, 4) is 5.75 Å². The minimum Gasteiger partial charge on any atom is -0.508 e. The Kier molecular flexibility index (Phi) is 4.42. The molecule has 1 fully saturated rings. The van der Waals surface area contributed by atoms with Crippen LogP contribution in [0.4, 0.5) is 5.69 Å². The van der Waals surface area contributed by atoms with E-state index in [2.05, 4.69) is 4.90 Å². The summed E-state index contributed by atoms with van der Waals surface area (Å²) < 4.78 is 0. The molecule has 7 heteroatoms. The van der Waals surface area contributed by atoms with Gasteiger partial charge in [-0.2, -0.15) is 0 Å². The number of nitro benzene ring substituents is 1. The van der Waals surface area contributed by atoms with Gasteiger partial charge in [-0.3, -0.25) is 19.8 Å². The second kappa shape index (κ2) is 6.09. The number of rotatable bonds is 3. The predicted octanol–water partition coefficient (Wildman–Crippen LogP) is 1.47. The number of benzene rings is 1. The SMILES string of the molecule is CCC1CN(C(=O)c2cc(O)ccc2[N+](=O)[O-])CCN1C. The first-order valence-electron chi connectivity index (χ1n) is 6.91. The van der Waals surface area contributed by atoms with Crippen molar-refractivity contribution in [1.82, 2.24) is 9.80 Å². The second-order valence-corrected chi connectivity index (χ2v) is 5.25. The summed E-state index contributed by atoms with van der Waals surface area (Å²) >= 11 is 0. The summed E-state index contributed by atoms with van der Waals surface area (Å²) in [6.45, 7) is 3.85. The summed E-state index contributed by atoms with van der Waals surface area (Å²) in [5.41, 5.74) is -0.329. The van der Waals surface area contributed by atoms with Crippen LogP contribution >= 0.6 is 0 Å². The molecule has 2 rings (SSSR count). The molecule has 0 bridgehead atoms. The number of phenolic OH excluding ortho intramolecular Hbond substituents is 1. The summed E-state index contributed by atoms with van der Waals surface area (Å²) in [5, 5.41) is 20.5. The molecule has 0 saturated carbocycles. The molecule has 0 aromatic heterocycles. The average molecular weight is 293 g/mol. The Labute approximate surface area is 122 Å². The highest BCUT2D eigenvalue weighted by molar-refractivity contribution is 5.98. The molecule has 0 spiro atoms. The van der Waals surface area contributed by atoms with Crippen molar-refractivity contribution in [3.05, 3.63) is 33.9 Å². The number of nitrogens with zero attached hydrogens (tertiary/aromatic N) is 3. The zero-order valence-corrected chi connectivity index (χ0v) is 12.2. The number of phenols is 1. The number of hydrogen-bond donors (Lipinski definition) is 1. The van der Waals surface area contributed by atoms with Crippen molar-refractivity contribution in [3.63, 3.8) is 0 Å². The van der Waals surface area contributed by atoms with Gasteiger partial charge in [0.15, 0.2) is 0 Å². The third-order valence-electron chi connectivity index (χ3n) is 3.94. The van der Waals surface area contributed by atoms with E-state index >= 15 is 0 Å². The molecule has 1 aromatic rings. The van der Waals surface area contributed by atoms with Crippen LogP contribution in [0.25, 0.3) is 0 Å². The van der Waals surface area contributed by atoms with E-state index in [1.165, 1.54) is 12.1 Å². The van der Waals surface area contributed by atoms with E-state index in [0.29, 0.717) is 13.1 Å². The predicted molar refractivity (Wildman–Crippen MR) is 77.4 cm³/mol. The zero-order valence-electron chi connectivity index (χ0n) is 12.2. The van der Waals surface area contributed by atoms with Crippen molar-refractivity contribution >= 4 is 11.6 Å². The molecule has 1 aliphatic rings. The highest BCUT2D eigenvalue weighted by Gasteiger charge is 2.30. The number of piperazine rings is 1. The van der Waals surface area contributed by atoms with Crippen molar-refractivity contribution < 1.29 is 14.8 Å². The largest absolute Gasteiger partial charge is 0.508 e. The first-order chi connectivity index (χ1) is 9.93. The molecule has 21 heavy (non-hydrogen) atoms. The summed E-state index contributed by atoms with van der Waals surface area (Å²) in [7, 11) is 2.01. The highest BCUT2D eigenvalue weighted by Crippen LogP contribution is 2.25.